The fraction of sp³-hybridized carbons (Fsp3) is 0.913. The zero-order valence-corrected chi connectivity index (χ0v) is 24.8. The summed E-state index contributed by atoms with van der Waals surface area (Å²) in [4.78, 5) is 24.1. The summed E-state index contributed by atoms with van der Waals surface area (Å²) in [5, 5.41) is 13.9. The first kappa shape index (κ1) is 38.3. The number of aliphatic hydroxyl groups is 2. The fourth-order valence-electron chi connectivity index (χ4n) is 2.81. The van der Waals surface area contributed by atoms with Crippen LogP contribution in [-0.4, -0.2) is 66.3 Å². The third-order valence-electron chi connectivity index (χ3n) is 5.26. The zero-order valence-electron chi connectivity index (χ0n) is 22.0. The molecule has 4 atom stereocenters. The molecule has 0 aliphatic heterocycles. The van der Waals surface area contributed by atoms with Crippen LogP contribution in [0.5, 0.6) is 0 Å². The molecular weight excluding hydrogens is 475 g/mol. The minimum absolute atomic E-state index is 0. The van der Waals surface area contributed by atoms with Crippen LogP contribution in [0.1, 0.15) is 92.4 Å². The van der Waals surface area contributed by atoms with E-state index in [4.69, 9.17) is 19.7 Å². The molecule has 0 aromatic carbocycles. The largest absolute Gasteiger partial charge is 1.00 e. The van der Waals surface area contributed by atoms with E-state index in [0.29, 0.717) is 0 Å². The molecule has 0 aromatic rings. The number of esters is 2. The van der Waals surface area contributed by atoms with E-state index in [2.05, 4.69) is 13.8 Å². The first-order valence-corrected chi connectivity index (χ1v) is 13.5. The van der Waals surface area contributed by atoms with Gasteiger partial charge in [-0.15, -0.1) is 0 Å². The van der Waals surface area contributed by atoms with Crippen molar-refractivity contribution in [1.29, 1.82) is 0 Å². The van der Waals surface area contributed by atoms with Gasteiger partial charge in [-0.2, -0.15) is 0 Å². The van der Waals surface area contributed by atoms with Crippen molar-refractivity contribution in [3.8, 4) is 0 Å². The van der Waals surface area contributed by atoms with Gasteiger partial charge in [0.2, 0.25) is 0 Å². The standard InChI is InChI=1S/C20H38O7S.C3H8O2.Na/c1-5-9-11-16(7-3)14-26-19(21)13-18(28(23,24)25)20(22)27-15-17(8-4)12-10-6-2;1-3(5)2-4;/h16-18H,5-15H2,1-4H3,(H,23,24,25);3-5H,2H2,1H3;/q;;+1/p-1. The molecule has 0 aliphatic rings. The molecule has 0 amide bonds. The third kappa shape index (κ3) is 21.1. The van der Waals surface area contributed by atoms with E-state index in [0.717, 1.165) is 51.4 Å². The van der Waals surface area contributed by atoms with Crippen LogP contribution in [0.15, 0.2) is 0 Å². The van der Waals surface area contributed by atoms with E-state index in [-0.39, 0.29) is 61.2 Å². The zero-order chi connectivity index (χ0) is 25.9. The Morgan fingerprint density at radius 1 is 0.912 bits per heavy atom. The van der Waals surface area contributed by atoms with E-state index < -0.39 is 39.8 Å². The molecule has 0 rings (SSSR count). The number of carbonyl (C=O) groups excluding carboxylic acids is 2. The smallest absolute Gasteiger partial charge is 0.747 e. The molecule has 0 saturated heterocycles. The fourth-order valence-corrected chi connectivity index (χ4v) is 3.46. The summed E-state index contributed by atoms with van der Waals surface area (Å²) in [5.74, 6) is -1.74. The Morgan fingerprint density at radius 2 is 1.32 bits per heavy atom. The Morgan fingerprint density at radius 3 is 1.65 bits per heavy atom. The van der Waals surface area contributed by atoms with Gasteiger partial charge < -0.3 is 24.2 Å². The average Bonchev–Trinajstić information content (AvgIpc) is 2.77. The van der Waals surface area contributed by atoms with Gasteiger partial charge >= 0.3 is 41.5 Å². The van der Waals surface area contributed by atoms with Crippen molar-refractivity contribution in [2.45, 2.75) is 104 Å². The van der Waals surface area contributed by atoms with Gasteiger partial charge in [-0.25, -0.2) is 8.42 Å². The molecule has 9 nitrogen and oxygen atoms in total. The summed E-state index contributed by atoms with van der Waals surface area (Å²) >= 11 is 0. The van der Waals surface area contributed by atoms with E-state index in [1.54, 1.807) is 0 Å². The quantitative estimate of drug-likeness (QED) is 0.155. The minimum Gasteiger partial charge on any atom is -0.747 e. The monoisotopic (exact) mass is 520 g/mol. The molecule has 4 unspecified atom stereocenters. The molecule has 0 heterocycles. The van der Waals surface area contributed by atoms with Gasteiger partial charge in [0.1, 0.15) is 10.1 Å². The summed E-state index contributed by atoms with van der Waals surface area (Å²) < 4.78 is 44.6. The molecule has 11 heteroatoms. The number of ether oxygens (including phenoxy) is 2. The Bertz CT molecular complexity index is 612. The average molecular weight is 521 g/mol. The van der Waals surface area contributed by atoms with Gasteiger partial charge in [0, 0.05) is 0 Å². The van der Waals surface area contributed by atoms with E-state index in [9.17, 15) is 22.6 Å². The number of rotatable bonds is 17. The van der Waals surface area contributed by atoms with Gasteiger partial charge in [-0.05, 0) is 31.6 Å². The van der Waals surface area contributed by atoms with E-state index >= 15 is 0 Å². The van der Waals surface area contributed by atoms with Gasteiger partial charge in [-0.3, -0.25) is 9.59 Å². The molecular formula is C23H45NaO9S. The van der Waals surface area contributed by atoms with Crippen molar-refractivity contribution in [2.24, 2.45) is 11.8 Å². The second-order valence-electron chi connectivity index (χ2n) is 8.36. The number of carbonyl (C=O) groups is 2. The normalized spacial score (nSPS) is 14.5. The molecule has 0 spiro atoms. The predicted octanol–water partition coefficient (Wildman–Crippen LogP) is 0.173. The number of hydrogen-bond donors (Lipinski definition) is 2. The Balaban J connectivity index is -0.00000144. The molecule has 0 fully saturated rings. The number of hydrogen-bond acceptors (Lipinski definition) is 9. The number of aliphatic hydroxyl groups excluding tert-OH is 2. The summed E-state index contributed by atoms with van der Waals surface area (Å²) in [7, 11) is -5.01. The van der Waals surface area contributed by atoms with Crippen LogP contribution >= 0.6 is 0 Å². The van der Waals surface area contributed by atoms with Crippen LogP contribution in [-0.2, 0) is 29.2 Å². The van der Waals surface area contributed by atoms with E-state index in [1.807, 2.05) is 13.8 Å². The maximum atomic E-state index is 12.1. The minimum atomic E-state index is -5.01. The SMILES string of the molecule is CC(O)CO.CCCCC(CC)COC(=O)CC(C(=O)OCC(CC)CCCC)S(=O)(=O)[O-].[Na+]. The van der Waals surface area contributed by atoms with Crippen molar-refractivity contribution in [3.63, 3.8) is 0 Å². The maximum absolute atomic E-state index is 12.1. The van der Waals surface area contributed by atoms with Crippen LogP contribution in [0.25, 0.3) is 0 Å². The first-order chi connectivity index (χ1) is 15.5. The third-order valence-corrected chi connectivity index (χ3v) is 6.31. The molecule has 0 radical (unpaired) electrons. The van der Waals surface area contributed by atoms with Crippen LogP contribution in [0, 0.1) is 11.8 Å². The van der Waals surface area contributed by atoms with Crippen LogP contribution in [0.3, 0.4) is 0 Å². The van der Waals surface area contributed by atoms with Gasteiger partial charge in [0.05, 0.1) is 32.3 Å². The van der Waals surface area contributed by atoms with Gasteiger partial charge in [-0.1, -0.05) is 66.2 Å². The molecule has 0 saturated carbocycles. The van der Waals surface area contributed by atoms with Crippen molar-refractivity contribution >= 4 is 22.1 Å². The van der Waals surface area contributed by atoms with Gasteiger partial charge in [0.25, 0.3) is 0 Å². The molecule has 0 aromatic heterocycles. The Labute approximate surface area is 228 Å². The summed E-state index contributed by atoms with van der Waals surface area (Å²) in [5.41, 5.74) is 0. The molecule has 0 aliphatic carbocycles. The second kappa shape index (κ2) is 23.2. The molecule has 2 N–H and O–H groups in total. The summed E-state index contributed by atoms with van der Waals surface area (Å²) in [6.07, 6.45) is 6.02. The predicted molar refractivity (Wildman–Crippen MR) is 125 cm³/mol. The number of unbranched alkanes of at least 4 members (excludes halogenated alkanes) is 2. The van der Waals surface area contributed by atoms with Crippen LogP contribution in [0.4, 0.5) is 0 Å². The maximum Gasteiger partial charge on any atom is 1.00 e. The summed E-state index contributed by atoms with van der Waals surface area (Å²) in [6.45, 7) is 9.65. The van der Waals surface area contributed by atoms with Crippen LogP contribution in [0.2, 0.25) is 0 Å². The van der Waals surface area contributed by atoms with Crippen LogP contribution < -0.4 is 29.6 Å². The van der Waals surface area contributed by atoms with Crippen molar-refractivity contribution in [2.75, 3.05) is 19.8 Å². The van der Waals surface area contributed by atoms with Crippen molar-refractivity contribution < 1.29 is 71.8 Å². The van der Waals surface area contributed by atoms with Gasteiger partial charge in [0.15, 0.2) is 5.25 Å². The Hall–Kier alpha value is -0.230. The first-order valence-electron chi connectivity index (χ1n) is 12.0. The molecule has 0 bridgehead atoms. The second-order valence-corrected chi connectivity index (χ2v) is 9.92. The molecule has 34 heavy (non-hydrogen) atoms. The van der Waals surface area contributed by atoms with Crippen molar-refractivity contribution in [3.05, 3.63) is 0 Å². The van der Waals surface area contributed by atoms with Crippen molar-refractivity contribution in [1.82, 2.24) is 0 Å². The summed E-state index contributed by atoms with van der Waals surface area (Å²) in [6, 6.07) is 0. The topological polar surface area (TPSA) is 150 Å². The van der Waals surface area contributed by atoms with E-state index in [1.165, 1.54) is 6.92 Å². The Kier molecular flexibility index (Phi) is 26.1. The molecule has 198 valence electrons.